The Hall–Kier alpha value is 0.270. The Labute approximate surface area is 85.7 Å². The first-order chi connectivity index (χ1) is 6.24. The summed E-state index contributed by atoms with van der Waals surface area (Å²) in [5.74, 6) is 3.83. The van der Waals surface area contributed by atoms with Crippen LogP contribution in [0.15, 0.2) is 0 Å². The summed E-state index contributed by atoms with van der Waals surface area (Å²) in [6.07, 6.45) is 2.59. The molecule has 1 aliphatic heterocycles. The zero-order valence-corrected chi connectivity index (χ0v) is 9.52. The molecule has 0 bridgehead atoms. The van der Waals surface area contributed by atoms with Crippen LogP contribution in [0.5, 0.6) is 0 Å². The molecule has 1 unspecified atom stereocenters. The molecule has 0 saturated carbocycles. The number of rotatable bonds is 4. The minimum atomic E-state index is 0.355. The van der Waals surface area contributed by atoms with Crippen molar-refractivity contribution in [3.05, 3.63) is 0 Å². The number of aliphatic hydroxyl groups is 1. The monoisotopic (exact) mass is 203 g/mol. The van der Waals surface area contributed by atoms with Crippen LogP contribution in [0.2, 0.25) is 0 Å². The maximum atomic E-state index is 9.29. The van der Waals surface area contributed by atoms with E-state index in [1.165, 1.54) is 24.3 Å². The molecule has 1 rings (SSSR count). The van der Waals surface area contributed by atoms with E-state index in [1.807, 2.05) is 0 Å². The molecule has 1 saturated heterocycles. The molecule has 0 spiro atoms. The highest BCUT2D eigenvalue weighted by atomic mass is 32.2. The van der Waals surface area contributed by atoms with Crippen LogP contribution in [-0.4, -0.2) is 48.8 Å². The van der Waals surface area contributed by atoms with Gasteiger partial charge < -0.3 is 10.0 Å². The quantitative estimate of drug-likeness (QED) is 0.745. The average molecular weight is 203 g/mol. The fourth-order valence-corrected chi connectivity index (χ4v) is 3.16. The van der Waals surface area contributed by atoms with Crippen molar-refractivity contribution in [2.24, 2.45) is 11.8 Å². The van der Waals surface area contributed by atoms with Crippen molar-refractivity contribution >= 4 is 11.8 Å². The third kappa shape index (κ3) is 3.88. The van der Waals surface area contributed by atoms with Crippen LogP contribution in [0.4, 0.5) is 0 Å². The van der Waals surface area contributed by atoms with Crippen LogP contribution in [0.1, 0.15) is 12.8 Å². The number of thioether (sulfide) groups is 1. The summed E-state index contributed by atoms with van der Waals surface area (Å²) >= 11 is 2.05. The Balaban J connectivity index is 2.34. The van der Waals surface area contributed by atoms with E-state index in [9.17, 15) is 5.11 Å². The third-order valence-corrected chi connectivity index (χ3v) is 3.82. The Bertz CT molecular complexity index is 135. The molecule has 1 N–H and O–H groups in total. The standard InChI is InChI=1S/C10H21NOS/c1-11(2)7-10(8-12)9-3-5-13-6-4-9/h9-10,12H,3-8H2,1-2H3. The maximum Gasteiger partial charge on any atom is 0.0474 e. The van der Waals surface area contributed by atoms with Crippen molar-refractivity contribution in [2.45, 2.75) is 12.8 Å². The summed E-state index contributed by atoms with van der Waals surface area (Å²) in [7, 11) is 4.17. The van der Waals surface area contributed by atoms with E-state index in [-0.39, 0.29) is 0 Å². The molecule has 1 heterocycles. The molecule has 0 amide bonds. The van der Waals surface area contributed by atoms with Gasteiger partial charge in [0, 0.05) is 13.2 Å². The van der Waals surface area contributed by atoms with Crippen molar-refractivity contribution < 1.29 is 5.11 Å². The van der Waals surface area contributed by atoms with Gasteiger partial charge in [-0.1, -0.05) is 0 Å². The van der Waals surface area contributed by atoms with Crippen molar-refractivity contribution in [3.8, 4) is 0 Å². The van der Waals surface area contributed by atoms with Gasteiger partial charge in [-0.05, 0) is 50.3 Å². The van der Waals surface area contributed by atoms with E-state index in [0.717, 1.165) is 12.5 Å². The van der Waals surface area contributed by atoms with Gasteiger partial charge in [-0.3, -0.25) is 0 Å². The maximum absolute atomic E-state index is 9.29. The molecule has 0 aromatic heterocycles. The van der Waals surface area contributed by atoms with Crippen LogP contribution < -0.4 is 0 Å². The van der Waals surface area contributed by atoms with Gasteiger partial charge >= 0.3 is 0 Å². The molecule has 0 aromatic carbocycles. The summed E-state index contributed by atoms with van der Waals surface area (Å²) in [4.78, 5) is 2.18. The van der Waals surface area contributed by atoms with E-state index >= 15 is 0 Å². The molecule has 13 heavy (non-hydrogen) atoms. The zero-order chi connectivity index (χ0) is 9.68. The minimum Gasteiger partial charge on any atom is -0.396 e. The lowest BCUT2D eigenvalue weighted by atomic mass is 9.88. The third-order valence-electron chi connectivity index (χ3n) is 2.77. The second-order valence-electron chi connectivity index (χ2n) is 4.15. The van der Waals surface area contributed by atoms with Gasteiger partial charge in [-0.15, -0.1) is 0 Å². The fourth-order valence-electron chi connectivity index (χ4n) is 2.01. The van der Waals surface area contributed by atoms with Crippen LogP contribution in [0, 0.1) is 11.8 Å². The molecule has 1 fully saturated rings. The lowest BCUT2D eigenvalue weighted by Crippen LogP contribution is -2.32. The van der Waals surface area contributed by atoms with E-state index < -0.39 is 0 Å². The molecule has 0 radical (unpaired) electrons. The molecule has 3 heteroatoms. The van der Waals surface area contributed by atoms with Gasteiger partial charge in [0.25, 0.3) is 0 Å². The Morgan fingerprint density at radius 1 is 1.38 bits per heavy atom. The van der Waals surface area contributed by atoms with Gasteiger partial charge in [0.1, 0.15) is 0 Å². The summed E-state index contributed by atoms with van der Waals surface area (Å²) in [6, 6.07) is 0. The number of hydrogen-bond acceptors (Lipinski definition) is 3. The highest BCUT2D eigenvalue weighted by Gasteiger charge is 2.23. The van der Waals surface area contributed by atoms with Gasteiger partial charge in [0.15, 0.2) is 0 Å². The van der Waals surface area contributed by atoms with Gasteiger partial charge in [0.05, 0.1) is 0 Å². The van der Waals surface area contributed by atoms with Gasteiger partial charge in [-0.25, -0.2) is 0 Å². The van der Waals surface area contributed by atoms with Gasteiger partial charge in [0.2, 0.25) is 0 Å². The largest absolute Gasteiger partial charge is 0.396 e. The molecule has 1 atom stereocenters. The average Bonchev–Trinajstić information content (AvgIpc) is 2.15. The lowest BCUT2D eigenvalue weighted by Gasteiger charge is -2.30. The topological polar surface area (TPSA) is 23.5 Å². The predicted octanol–water partition coefficient (Wildman–Crippen LogP) is 1.30. The SMILES string of the molecule is CN(C)CC(CO)C1CCSCC1. The Kier molecular flexibility index (Phi) is 5.14. The number of hydrogen-bond donors (Lipinski definition) is 1. The first kappa shape index (κ1) is 11.3. The van der Waals surface area contributed by atoms with Gasteiger partial charge in [-0.2, -0.15) is 11.8 Å². The Morgan fingerprint density at radius 2 is 2.00 bits per heavy atom. The van der Waals surface area contributed by atoms with Crippen LogP contribution in [0.3, 0.4) is 0 Å². The summed E-state index contributed by atoms with van der Waals surface area (Å²) < 4.78 is 0. The predicted molar refractivity (Wildman–Crippen MR) is 59.2 cm³/mol. The highest BCUT2D eigenvalue weighted by molar-refractivity contribution is 7.99. The van der Waals surface area contributed by atoms with Crippen LogP contribution >= 0.6 is 11.8 Å². The van der Waals surface area contributed by atoms with Crippen LogP contribution in [0.25, 0.3) is 0 Å². The highest BCUT2D eigenvalue weighted by Crippen LogP contribution is 2.28. The second-order valence-corrected chi connectivity index (χ2v) is 5.38. The molecule has 0 aromatic rings. The minimum absolute atomic E-state index is 0.355. The smallest absolute Gasteiger partial charge is 0.0474 e. The van der Waals surface area contributed by atoms with E-state index in [0.29, 0.717) is 12.5 Å². The summed E-state index contributed by atoms with van der Waals surface area (Å²) in [6.45, 7) is 1.39. The molecule has 1 aliphatic rings. The normalized spacial score (nSPS) is 22.2. The molecule has 0 aliphatic carbocycles. The van der Waals surface area contributed by atoms with E-state index in [2.05, 4.69) is 30.8 Å². The number of nitrogens with zero attached hydrogens (tertiary/aromatic N) is 1. The summed E-state index contributed by atoms with van der Waals surface area (Å²) in [5.41, 5.74) is 0. The van der Waals surface area contributed by atoms with Crippen molar-refractivity contribution in [3.63, 3.8) is 0 Å². The summed E-state index contributed by atoms with van der Waals surface area (Å²) in [5, 5.41) is 9.29. The molecule has 78 valence electrons. The molecular weight excluding hydrogens is 182 g/mol. The van der Waals surface area contributed by atoms with E-state index in [4.69, 9.17) is 0 Å². The number of aliphatic hydroxyl groups excluding tert-OH is 1. The lowest BCUT2D eigenvalue weighted by molar-refractivity contribution is 0.138. The fraction of sp³-hybridized carbons (Fsp3) is 1.00. The Morgan fingerprint density at radius 3 is 2.46 bits per heavy atom. The van der Waals surface area contributed by atoms with E-state index in [1.54, 1.807) is 0 Å². The van der Waals surface area contributed by atoms with Crippen molar-refractivity contribution in [2.75, 3.05) is 38.8 Å². The molecular formula is C10H21NOS. The van der Waals surface area contributed by atoms with Crippen LogP contribution in [-0.2, 0) is 0 Å². The van der Waals surface area contributed by atoms with Crippen molar-refractivity contribution in [1.29, 1.82) is 0 Å². The first-order valence-electron chi connectivity index (χ1n) is 5.07. The first-order valence-corrected chi connectivity index (χ1v) is 6.23. The van der Waals surface area contributed by atoms with Crippen molar-refractivity contribution in [1.82, 2.24) is 4.90 Å². The second kappa shape index (κ2) is 5.89. The molecule has 2 nitrogen and oxygen atoms in total. The zero-order valence-electron chi connectivity index (χ0n) is 8.70.